The zero-order valence-corrected chi connectivity index (χ0v) is 12.2. The maximum atomic E-state index is 5.95. The number of aromatic nitrogens is 1. The van der Waals surface area contributed by atoms with E-state index in [4.69, 9.17) is 10.7 Å². The summed E-state index contributed by atoms with van der Waals surface area (Å²) in [5.74, 6) is 0.702. The highest BCUT2D eigenvalue weighted by molar-refractivity contribution is 7.18. The van der Waals surface area contributed by atoms with Crippen molar-refractivity contribution in [2.45, 2.75) is 32.4 Å². The molecular formula is C15H21N3S. The SMILES string of the molecule is CC1CCCN(Cc2nc3ccccc3s2)C1CN. The maximum absolute atomic E-state index is 5.95. The molecule has 2 N–H and O–H groups in total. The van der Waals surface area contributed by atoms with Crippen molar-refractivity contribution in [1.29, 1.82) is 0 Å². The number of nitrogens with two attached hydrogens (primary N) is 1. The smallest absolute Gasteiger partial charge is 0.108 e. The Kier molecular flexibility index (Phi) is 3.82. The van der Waals surface area contributed by atoms with E-state index in [2.05, 4.69) is 36.1 Å². The van der Waals surface area contributed by atoms with Gasteiger partial charge in [0.2, 0.25) is 0 Å². The molecule has 1 saturated heterocycles. The Hall–Kier alpha value is -0.970. The Bertz CT molecular complexity index is 518. The van der Waals surface area contributed by atoms with E-state index in [-0.39, 0.29) is 0 Å². The van der Waals surface area contributed by atoms with Crippen LogP contribution >= 0.6 is 11.3 Å². The number of thiazole rings is 1. The average molecular weight is 275 g/mol. The van der Waals surface area contributed by atoms with Gasteiger partial charge in [0.1, 0.15) is 5.01 Å². The second-order valence-electron chi connectivity index (χ2n) is 5.47. The fourth-order valence-electron chi connectivity index (χ4n) is 3.07. The van der Waals surface area contributed by atoms with Gasteiger partial charge in [-0.25, -0.2) is 4.98 Å². The van der Waals surface area contributed by atoms with Crippen LogP contribution in [0.3, 0.4) is 0 Å². The van der Waals surface area contributed by atoms with Crippen LogP contribution in [0.5, 0.6) is 0 Å². The highest BCUT2D eigenvalue weighted by atomic mass is 32.1. The number of rotatable bonds is 3. The van der Waals surface area contributed by atoms with Crippen LogP contribution in [0, 0.1) is 5.92 Å². The lowest BCUT2D eigenvalue weighted by molar-refractivity contribution is 0.0990. The predicted octanol–water partition coefficient (Wildman–Crippen LogP) is 2.86. The van der Waals surface area contributed by atoms with Crippen LogP contribution in [0.15, 0.2) is 24.3 Å². The normalized spacial score (nSPS) is 24.9. The van der Waals surface area contributed by atoms with Crippen molar-refractivity contribution in [1.82, 2.24) is 9.88 Å². The van der Waals surface area contributed by atoms with E-state index in [1.165, 1.54) is 22.5 Å². The minimum Gasteiger partial charge on any atom is -0.329 e. The highest BCUT2D eigenvalue weighted by Gasteiger charge is 2.27. The van der Waals surface area contributed by atoms with E-state index in [0.717, 1.165) is 25.2 Å². The second kappa shape index (κ2) is 5.57. The lowest BCUT2D eigenvalue weighted by Crippen LogP contribution is -2.47. The number of hydrogen-bond acceptors (Lipinski definition) is 4. The van der Waals surface area contributed by atoms with Crippen molar-refractivity contribution >= 4 is 21.6 Å². The molecule has 2 atom stereocenters. The third kappa shape index (κ3) is 2.66. The number of piperidine rings is 1. The minimum absolute atomic E-state index is 0.515. The van der Waals surface area contributed by atoms with Crippen molar-refractivity contribution in [3.63, 3.8) is 0 Å². The molecule has 0 radical (unpaired) electrons. The van der Waals surface area contributed by atoms with Crippen LogP contribution < -0.4 is 5.73 Å². The molecule has 0 saturated carbocycles. The molecule has 1 aliphatic rings. The number of nitrogens with zero attached hydrogens (tertiary/aromatic N) is 2. The van der Waals surface area contributed by atoms with Crippen LogP contribution in [0.2, 0.25) is 0 Å². The number of fused-ring (bicyclic) bond motifs is 1. The molecule has 1 aromatic carbocycles. The van der Waals surface area contributed by atoms with Crippen LogP contribution in [0.25, 0.3) is 10.2 Å². The van der Waals surface area contributed by atoms with Gasteiger partial charge in [-0.05, 0) is 37.4 Å². The van der Waals surface area contributed by atoms with Crippen LogP contribution in [-0.4, -0.2) is 29.0 Å². The summed E-state index contributed by atoms with van der Waals surface area (Å²) in [6.07, 6.45) is 2.58. The summed E-state index contributed by atoms with van der Waals surface area (Å²) in [5, 5.41) is 1.22. The van der Waals surface area contributed by atoms with Crippen molar-refractivity contribution < 1.29 is 0 Å². The minimum atomic E-state index is 0.515. The molecule has 3 nitrogen and oxygen atoms in total. The molecule has 2 aromatic rings. The molecule has 0 spiro atoms. The van der Waals surface area contributed by atoms with Crippen molar-refractivity contribution in [2.75, 3.05) is 13.1 Å². The molecular weight excluding hydrogens is 254 g/mol. The molecule has 4 heteroatoms. The molecule has 102 valence electrons. The number of likely N-dealkylation sites (tertiary alicyclic amines) is 1. The molecule has 1 aromatic heterocycles. The first-order valence-electron chi connectivity index (χ1n) is 7.06. The summed E-state index contributed by atoms with van der Waals surface area (Å²) in [6, 6.07) is 8.89. The summed E-state index contributed by atoms with van der Waals surface area (Å²) in [7, 11) is 0. The largest absolute Gasteiger partial charge is 0.329 e. The lowest BCUT2D eigenvalue weighted by Gasteiger charge is -2.38. The Labute approximate surface area is 118 Å². The first-order valence-corrected chi connectivity index (χ1v) is 7.88. The van der Waals surface area contributed by atoms with E-state index in [9.17, 15) is 0 Å². The summed E-state index contributed by atoms with van der Waals surface area (Å²) in [4.78, 5) is 7.26. The highest BCUT2D eigenvalue weighted by Crippen LogP contribution is 2.27. The van der Waals surface area contributed by atoms with Crippen molar-refractivity contribution in [2.24, 2.45) is 11.7 Å². The van der Waals surface area contributed by atoms with Gasteiger partial charge in [-0.3, -0.25) is 4.90 Å². The van der Waals surface area contributed by atoms with Gasteiger partial charge in [-0.2, -0.15) is 0 Å². The number of benzene rings is 1. The molecule has 0 aliphatic carbocycles. The van der Waals surface area contributed by atoms with Gasteiger partial charge < -0.3 is 5.73 Å². The lowest BCUT2D eigenvalue weighted by atomic mass is 9.91. The average Bonchev–Trinajstić information content (AvgIpc) is 2.81. The van der Waals surface area contributed by atoms with Gasteiger partial charge in [0.05, 0.1) is 16.8 Å². The molecule has 2 heterocycles. The van der Waals surface area contributed by atoms with Crippen LogP contribution in [-0.2, 0) is 6.54 Å². The van der Waals surface area contributed by atoms with Crippen molar-refractivity contribution in [3.05, 3.63) is 29.3 Å². The zero-order chi connectivity index (χ0) is 13.2. The summed E-state index contributed by atoms with van der Waals surface area (Å²) in [6.45, 7) is 5.18. The third-order valence-electron chi connectivity index (χ3n) is 4.15. The van der Waals surface area contributed by atoms with Gasteiger partial charge in [0.15, 0.2) is 0 Å². The topological polar surface area (TPSA) is 42.2 Å². The van der Waals surface area contributed by atoms with E-state index < -0.39 is 0 Å². The molecule has 2 unspecified atom stereocenters. The quantitative estimate of drug-likeness (QED) is 0.936. The Morgan fingerprint density at radius 2 is 2.26 bits per heavy atom. The fourth-order valence-corrected chi connectivity index (χ4v) is 4.07. The Morgan fingerprint density at radius 3 is 3.05 bits per heavy atom. The summed E-state index contributed by atoms with van der Waals surface area (Å²) >= 11 is 1.81. The molecule has 0 amide bonds. The number of hydrogen-bond donors (Lipinski definition) is 1. The van der Waals surface area contributed by atoms with Crippen LogP contribution in [0.1, 0.15) is 24.8 Å². The van der Waals surface area contributed by atoms with Gasteiger partial charge in [0.25, 0.3) is 0 Å². The number of para-hydroxylation sites is 1. The summed E-state index contributed by atoms with van der Waals surface area (Å²) in [5.41, 5.74) is 7.08. The standard InChI is InChI=1S/C15H21N3S/c1-11-5-4-8-18(13(11)9-16)10-15-17-12-6-2-3-7-14(12)19-15/h2-3,6-7,11,13H,4-5,8-10,16H2,1H3. The molecule has 3 rings (SSSR count). The third-order valence-corrected chi connectivity index (χ3v) is 5.17. The first kappa shape index (κ1) is 13.0. The molecule has 19 heavy (non-hydrogen) atoms. The zero-order valence-electron chi connectivity index (χ0n) is 11.4. The van der Waals surface area contributed by atoms with Crippen LogP contribution in [0.4, 0.5) is 0 Å². The monoisotopic (exact) mass is 275 g/mol. The van der Waals surface area contributed by atoms with E-state index in [1.807, 2.05) is 11.3 Å². The second-order valence-corrected chi connectivity index (χ2v) is 6.58. The Balaban J connectivity index is 1.79. The van der Waals surface area contributed by atoms with E-state index in [0.29, 0.717) is 12.0 Å². The first-order chi connectivity index (χ1) is 9.28. The van der Waals surface area contributed by atoms with Crippen molar-refractivity contribution in [3.8, 4) is 0 Å². The summed E-state index contributed by atoms with van der Waals surface area (Å²) < 4.78 is 1.28. The molecule has 1 aliphatic heterocycles. The van der Waals surface area contributed by atoms with E-state index >= 15 is 0 Å². The van der Waals surface area contributed by atoms with Gasteiger partial charge in [-0.1, -0.05) is 19.1 Å². The van der Waals surface area contributed by atoms with Gasteiger partial charge >= 0.3 is 0 Å². The van der Waals surface area contributed by atoms with Gasteiger partial charge in [-0.15, -0.1) is 11.3 Å². The predicted molar refractivity (Wildman–Crippen MR) is 81.3 cm³/mol. The van der Waals surface area contributed by atoms with Gasteiger partial charge in [0, 0.05) is 12.6 Å². The molecule has 1 fully saturated rings. The Morgan fingerprint density at radius 1 is 1.42 bits per heavy atom. The fraction of sp³-hybridized carbons (Fsp3) is 0.533. The van der Waals surface area contributed by atoms with E-state index in [1.54, 1.807) is 0 Å². The maximum Gasteiger partial charge on any atom is 0.108 e. The molecule has 0 bridgehead atoms.